The van der Waals surface area contributed by atoms with Gasteiger partial charge >= 0.3 is 0 Å². The minimum absolute atomic E-state index is 0.0150. The van der Waals surface area contributed by atoms with Crippen LogP contribution in [-0.4, -0.2) is 37.1 Å². The van der Waals surface area contributed by atoms with Gasteiger partial charge in [0.25, 0.3) is 0 Å². The maximum absolute atomic E-state index is 12.1. The van der Waals surface area contributed by atoms with E-state index in [1.165, 1.54) is 11.1 Å². The fourth-order valence-electron chi connectivity index (χ4n) is 2.81. The second kappa shape index (κ2) is 6.17. The van der Waals surface area contributed by atoms with E-state index in [0.29, 0.717) is 19.6 Å². The number of aryl methyl sites for hydroxylation is 1. The van der Waals surface area contributed by atoms with Gasteiger partial charge in [0.05, 0.1) is 12.6 Å². The highest BCUT2D eigenvalue weighted by Gasteiger charge is 2.38. The minimum atomic E-state index is -0.128. The third-order valence-electron chi connectivity index (χ3n) is 3.76. The first-order chi connectivity index (χ1) is 9.19. The Labute approximate surface area is 114 Å². The van der Waals surface area contributed by atoms with Crippen LogP contribution in [0.4, 0.5) is 0 Å². The number of hydrogen-bond acceptors (Lipinski definition) is 3. The third-order valence-corrected chi connectivity index (χ3v) is 3.76. The van der Waals surface area contributed by atoms with Crippen molar-refractivity contribution in [3.63, 3.8) is 0 Å². The fraction of sp³-hybridized carbons (Fsp3) is 0.533. The Bertz CT molecular complexity index is 448. The molecule has 1 saturated heterocycles. The van der Waals surface area contributed by atoms with Gasteiger partial charge in [-0.25, -0.2) is 0 Å². The molecule has 0 aromatic heterocycles. The molecule has 1 heterocycles. The van der Waals surface area contributed by atoms with Crippen LogP contribution in [0.15, 0.2) is 24.3 Å². The Morgan fingerprint density at radius 3 is 2.84 bits per heavy atom. The first kappa shape index (κ1) is 14.0. The van der Waals surface area contributed by atoms with Gasteiger partial charge in [0.15, 0.2) is 0 Å². The van der Waals surface area contributed by atoms with E-state index < -0.39 is 0 Å². The van der Waals surface area contributed by atoms with Crippen molar-refractivity contribution in [2.75, 3.05) is 20.3 Å². The van der Waals surface area contributed by atoms with Crippen molar-refractivity contribution in [3.05, 3.63) is 35.4 Å². The molecule has 1 fully saturated rings. The Morgan fingerprint density at radius 2 is 2.16 bits per heavy atom. The lowest BCUT2D eigenvalue weighted by molar-refractivity contribution is -0.129. The van der Waals surface area contributed by atoms with Crippen LogP contribution in [0.25, 0.3) is 0 Å². The predicted octanol–water partition coefficient (Wildman–Crippen LogP) is 1.50. The number of methoxy groups -OCH3 is 1. The molecule has 2 unspecified atom stereocenters. The Kier molecular flexibility index (Phi) is 4.56. The highest BCUT2D eigenvalue weighted by Crippen LogP contribution is 2.33. The van der Waals surface area contributed by atoms with Gasteiger partial charge in [-0.05, 0) is 17.5 Å². The highest BCUT2D eigenvalue weighted by atomic mass is 16.5. The summed E-state index contributed by atoms with van der Waals surface area (Å²) in [5.41, 5.74) is 8.63. The van der Waals surface area contributed by atoms with Crippen molar-refractivity contribution >= 4 is 5.91 Å². The van der Waals surface area contributed by atoms with E-state index in [1.54, 1.807) is 7.11 Å². The van der Waals surface area contributed by atoms with E-state index in [1.807, 2.05) is 17.0 Å². The smallest absolute Gasteiger partial charge is 0.224 e. The van der Waals surface area contributed by atoms with Crippen molar-refractivity contribution in [2.24, 2.45) is 5.73 Å². The van der Waals surface area contributed by atoms with Gasteiger partial charge in [-0.15, -0.1) is 0 Å². The van der Waals surface area contributed by atoms with Crippen molar-refractivity contribution in [1.29, 1.82) is 0 Å². The van der Waals surface area contributed by atoms with E-state index in [0.717, 1.165) is 6.42 Å². The van der Waals surface area contributed by atoms with E-state index in [4.69, 9.17) is 10.5 Å². The summed E-state index contributed by atoms with van der Waals surface area (Å²) in [5.74, 6) is 0.125. The standard InChI is InChI=1S/C15H22N2O2/c1-3-11-6-4-5-7-12(11)15-13(16)10-14(18)17(15)8-9-19-2/h4-7,13,15H,3,8-10,16H2,1-2H3. The van der Waals surface area contributed by atoms with Gasteiger partial charge in [-0.3, -0.25) is 4.79 Å². The zero-order chi connectivity index (χ0) is 13.8. The molecule has 104 valence electrons. The maximum atomic E-state index is 12.1. The number of carbonyl (C=O) groups excluding carboxylic acids is 1. The van der Waals surface area contributed by atoms with Crippen molar-refractivity contribution in [2.45, 2.75) is 31.8 Å². The van der Waals surface area contributed by atoms with E-state index >= 15 is 0 Å². The molecule has 0 bridgehead atoms. The lowest BCUT2D eigenvalue weighted by Crippen LogP contribution is -2.35. The topological polar surface area (TPSA) is 55.6 Å². The van der Waals surface area contributed by atoms with Gasteiger partial charge in [0.2, 0.25) is 5.91 Å². The molecule has 1 aliphatic rings. The molecule has 2 atom stereocenters. The average Bonchev–Trinajstić information content (AvgIpc) is 2.70. The number of ether oxygens (including phenoxy) is 1. The number of benzene rings is 1. The number of amides is 1. The molecular formula is C15H22N2O2. The largest absolute Gasteiger partial charge is 0.383 e. The zero-order valence-corrected chi connectivity index (χ0v) is 11.6. The molecule has 2 rings (SSSR count). The SMILES string of the molecule is CCc1ccccc1C1C(N)CC(=O)N1CCOC. The lowest BCUT2D eigenvalue weighted by Gasteiger charge is -2.28. The van der Waals surface area contributed by atoms with Crippen LogP contribution in [0.2, 0.25) is 0 Å². The average molecular weight is 262 g/mol. The Balaban J connectivity index is 2.31. The minimum Gasteiger partial charge on any atom is -0.383 e. The monoisotopic (exact) mass is 262 g/mol. The van der Waals surface area contributed by atoms with Crippen LogP contribution in [0.3, 0.4) is 0 Å². The van der Waals surface area contributed by atoms with Gasteiger partial charge in [0.1, 0.15) is 0 Å². The van der Waals surface area contributed by atoms with Crippen LogP contribution in [0.1, 0.15) is 30.5 Å². The molecule has 1 aromatic carbocycles. The molecule has 1 aliphatic heterocycles. The molecule has 1 aromatic rings. The van der Waals surface area contributed by atoms with Gasteiger partial charge in [0, 0.05) is 26.1 Å². The summed E-state index contributed by atoms with van der Waals surface area (Å²) in [5, 5.41) is 0. The number of rotatable bonds is 5. The molecule has 0 spiro atoms. The van der Waals surface area contributed by atoms with Crippen LogP contribution in [0, 0.1) is 0 Å². The zero-order valence-electron chi connectivity index (χ0n) is 11.6. The maximum Gasteiger partial charge on any atom is 0.224 e. The van der Waals surface area contributed by atoms with Gasteiger partial charge < -0.3 is 15.4 Å². The van der Waals surface area contributed by atoms with E-state index in [2.05, 4.69) is 19.1 Å². The highest BCUT2D eigenvalue weighted by molar-refractivity contribution is 5.80. The fourth-order valence-corrected chi connectivity index (χ4v) is 2.81. The summed E-state index contributed by atoms with van der Waals surface area (Å²) in [6.45, 7) is 3.27. The van der Waals surface area contributed by atoms with E-state index in [-0.39, 0.29) is 18.0 Å². The second-order valence-corrected chi connectivity index (χ2v) is 4.95. The first-order valence-electron chi connectivity index (χ1n) is 6.80. The first-order valence-corrected chi connectivity index (χ1v) is 6.80. The third kappa shape index (κ3) is 2.80. The second-order valence-electron chi connectivity index (χ2n) is 4.95. The molecule has 2 N–H and O–H groups in total. The Morgan fingerprint density at radius 1 is 1.42 bits per heavy atom. The summed E-state index contributed by atoms with van der Waals surface area (Å²) in [6, 6.07) is 8.10. The molecule has 0 radical (unpaired) electrons. The summed E-state index contributed by atoms with van der Waals surface area (Å²) < 4.78 is 5.09. The van der Waals surface area contributed by atoms with Crippen molar-refractivity contribution < 1.29 is 9.53 Å². The molecule has 4 nitrogen and oxygen atoms in total. The van der Waals surface area contributed by atoms with Crippen molar-refractivity contribution in [1.82, 2.24) is 4.90 Å². The molecule has 1 amide bonds. The summed E-state index contributed by atoms with van der Waals surface area (Å²) in [6.07, 6.45) is 1.37. The molecule has 19 heavy (non-hydrogen) atoms. The number of carbonyl (C=O) groups is 1. The lowest BCUT2D eigenvalue weighted by atomic mass is 9.94. The predicted molar refractivity (Wildman–Crippen MR) is 74.7 cm³/mol. The van der Waals surface area contributed by atoms with Gasteiger partial charge in [-0.1, -0.05) is 31.2 Å². The Hall–Kier alpha value is -1.39. The molecular weight excluding hydrogens is 240 g/mol. The molecule has 4 heteroatoms. The van der Waals surface area contributed by atoms with Crippen LogP contribution >= 0.6 is 0 Å². The molecule has 0 saturated carbocycles. The van der Waals surface area contributed by atoms with Crippen LogP contribution < -0.4 is 5.73 Å². The number of nitrogens with zero attached hydrogens (tertiary/aromatic N) is 1. The van der Waals surface area contributed by atoms with Crippen LogP contribution in [0.5, 0.6) is 0 Å². The van der Waals surface area contributed by atoms with E-state index in [9.17, 15) is 4.79 Å². The summed E-state index contributed by atoms with van der Waals surface area (Å²) in [7, 11) is 1.65. The number of likely N-dealkylation sites (tertiary alicyclic amines) is 1. The number of nitrogens with two attached hydrogens (primary N) is 1. The number of hydrogen-bond donors (Lipinski definition) is 1. The van der Waals surface area contributed by atoms with Gasteiger partial charge in [-0.2, -0.15) is 0 Å². The van der Waals surface area contributed by atoms with Crippen LogP contribution in [-0.2, 0) is 16.0 Å². The normalized spacial score (nSPS) is 23.1. The van der Waals surface area contributed by atoms with Crippen molar-refractivity contribution in [3.8, 4) is 0 Å². The summed E-state index contributed by atoms with van der Waals surface area (Å²) >= 11 is 0. The quantitative estimate of drug-likeness (QED) is 0.875. The molecule has 0 aliphatic carbocycles. The summed E-state index contributed by atoms with van der Waals surface area (Å²) in [4.78, 5) is 13.9.